The Labute approximate surface area is 89.5 Å². The fourth-order valence-electron chi connectivity index (χ4n) is 0.744. The van der Waals surface area contributed by atoms with Crippen molar-refractivity contribution in [1.29, 1.82) is 0 Å². The Morgan fingerprint density at radius 2 is 2.00 bits per heavy atom. The second-order valence-electron chi connectivity index (χ2n) is 2.10. The van der Waals surface area contributed by atoms with Gasteiger partial charge in [-0.2, -0.15) is 0 Å². The molecule has 4 N–H and O–H groups in total. The zero-order valence-electron chi connectivity index (χ0n) is 7.19. The lowest BCUT2D eigenvalue weighted by Crippen LogP contribution is -2.00. The first-order chi connectivity index (χ1) is 5.24. The molecule has 0 atom stereocenters. The summed E-state index contributed by atoms with van der Waals surface area (Å²) in [6, 6.07) is 1.62. The third-order valence-electron chi connectivity index (χ3n) is 1.18. The van der Waals surface area contributed by atoms with Gasteiger partial charge < -0.3 is 16.2 Å². The molecule has 0 unspecified atom stereocenters. The lowest BCUT2D eigenvalue weighted by molar-refractivity contribution is 0.329. The van der Waals surface area contributed by atoms with Gasteiger partial charge in [0, 0.05) is 0 Å². The van der Waals surface area contributed by atoms with Gasteiger partial charge in [-0.1, -0.05) is 0 Å². The average Bonchev–Trinajstić information content (AvgIpc) is 1.95. The number of nitrogens with two attached hydrogens (primary N) is 2. The molecule has 76 valence electrons. The average molecular weight is 226 g/mol. The van der Waals surface area contributed by atoms with Crippen LogP contribution in [0.4, 0.5) is 11.4 Å². The maximum atomic E-state index is 5.54. The SMILES string of the molecule is CCOc1ncc(N)cc1N.Cl.Cl. The van der Waals surface area contributed by atoms with Crippen LogP contribution in [-0.2, 0) is 0 Å². The van der Waals surface area contributed by atoms with E-state index in [1.807, 2.05) is 6.92 Å². The molecule has 0 aliphatic rings. The normalized spacial score (nSPS) is 8.08. The third-order valence-corrected chi connectivity index (χ3v) is 1.18. The monoisotopic (exact) mass is 225 g/mol. The molecule has 13 heavy (non-hydrogen) atoms. The molecular formula is C7H13Cl2N3O. The van der Waals surface area contributed by atoms with E-state index in [0.29, 0.717) is 23.9 Å². The van der Waals surface area contributed by atoms with E-state index in [-0.39, 0.29) is 24.8 Å². The van der Waals surface area contributed by atoms with Gasteiger partial charge in [-0.15, -0.1) is 24.8 Å². The highest BCUT2D eigenvalue weighted by atomic mass is 35.5. The lowest BCUT2D eigenvalue weighted by atomic mass is 10.4. The zero-order valence-corrected chi connectivity index (χ0v) is 8.82. The van der Waals surface area contributed by atoms with Crippen LogP contribution < -0.4 is 16.2 Å². The van der Waals surface area contributed by atoms with Gasteiger partial charge >= 0.3 is 0 Å². The van der Waals surface area contributed by atoms with E-state index in [2.05, 4.69) is 4.98 Å². The molecule has 0 saturated heterocycles. The van der Waals surface area contributed by atoms with Crippen molar-refractivity contribution in [2.45, 2.75) is 6.92 Å². The summed E-state index contributed by atoms with van der Waals surface area (Å²) in [7, 11) is 0. The maximum absolute atomic E-state index is 5.54. The van der Waals surface area contributed by atoms with Gasteiger partial charge in [-0.3, -0.25) is 0 Å². The molecular weight excluding hydrogens is 213 g/mol. The van der Waals surface area contributed by atoms with Crippen LogP contribution in [0, 0.1) is 0 Å². The quantitative estimate of drug-likeness (QED) is 0.801. The number of halogens is 2. The van der Waals surface area contributed by atoms with Gasteiger partial charge in [0.15, 0.2) is 0 Å². The Bertz CT molecular complexity index is 257. The predicted octanol–water partition coefficient (Wildman–Crippen LogP) is 1.49. The standard InChI is InChI=1S/C7H11N3O.2ClH/c1-2-11-7-6(9)3-5(8)4-10-7;;/h3-4H,2,8-9H2,1H3;2*1H. The topological polar surface area (TPSA) is 74.2 Å². The first-order valence-corrected chi connectivity index (χ1v) is 3.38. The summed E-state index contributed by atoms with van der Waals surface area (Å²) in [4.78, 5) is 3.90. The highest BCUT2D eigenvalue weighted by Crippen LogP contribution is 2.19. The van der Waals surface area contributed by atoms with Gasteiger partial charge in [0.2, 0.25) is 5.88 Å². The molecule has 0 aliphatic carbocycles. The molecule has 0 fully saturated rings. The molecule has 0 saturated carbocycles. The summed E-state index contributed by atoms with van der Waals surface area (Å²) in [6.45, 7) is 2.43. The predicted molar refractivity (Wildman–Crippen MR) is 58.7 cm³/mol. The van der Waals surface area contributed by atoms with E-state index in [0.717, 1.165) is 0 Å². The summed E-state index contributed by atoms with van der Waals surface area (Å²) < 4.78 is 5.10. The Hall–Kier alpha value is -0.870. The molecule has 1 rings (SSSR count). The summed E-state index contributed by atoms with van der Waals surface area (Å²) in [5.41, 5.74) is 12.0. The summed E-state index contributed by atoms with van der Waals surface area (Å²) in [5.74, 6) is 0.446. The largest absolute Gasteiger partial charge is 0.477 e. The molecule has 4 nitrogen and oxygen atoms in total. The Morgan fingerprint density at radius 1 is 1.38 bits per heavy atom. The molecule has 0 bridgehead atoms. The minimum absolute atomic E-state index is 0. The minimum atomic E-state index is 0. The van der Waals surface area contributed by atoms with Gasteiger partial charge in [0.25, 0.3) is 0 Å². The molecule has 6 heteroatoms. The van der Waals surface area contributed by atoms with Crippen molar-refractivity contribution in [1.82, 2.24) is 4.98 Å². The second-order valence-corrected chi connectivity index (χ2v) is 2.10. The zero-order chi connectivity index (χ0) is 8.27. The number of aromatic nitrogens is 1. The van der Waals surface area contributed by atoms with Crippen molar-refractivity contribution in [3.63, 3.8) is 0 Å². The van der Waals surface area contributed by atoms with Crippen molar-refractivity contribution >= 4 is 36.2 Å². The molecule has 0 amide bonds. The summed E-state index contributed by atoms with van der Waals surface area (Å²) in [5, 5.41) is 0. The van der Waals surface area contributed by atoms with Gasteiger partial charge in [-0.05, 0) is 13.0 Å². The van der Waals surface area contributed by atoms with Crippen LogP contribution in [0.5, 0.6) is 5.88 Å². The molecule has 1 aromatic heterocycles. The summed E-state index contributed by atoms with van der Waals surface area (Å²) >= 11 is 0. The first-order valence-electron chi connectivity index (χ1n) is 3.38. The number of hydrogen-bond donors (Lipinski definition) is 2. The summed E-state index contributed by atoms with van der Waals surface area (Å²) in [6.07, 6.45) is 1.52. The highest BCUT2D eigenvalue weighted by molar-refractivity contribution is 5.85. The van der Waals surface area contributed by atoms with E-state index >= 15 is 0 Å². The van der Waals surface area contributed by atoms with Crippen LogP contribution in [0.15, 0.2) is 12.3 Å². The molecule has 0 aromatic carbocycles. The van der Waals surface area contributed by atoms with Gasteiger partial charge in [0.1, 0.15) is 0 Å². The maximum Gasteiger partial charge on any atom is 0.237 e. The molecule has 0 aliphatic heterocycles. The Morgan fingerprint density at radius 3 is 2.46 bits per heavy atom. The fraction of sp³-hybridized carbons (Fsp3) is 0.286. The third kappa shape index (κ3) is 4.05. The van der Waals surface area contributed by atoms with E-state index in [9.17, 15) is 0 Å². The Kier molecular flexibility index (Phi) is 7.46. The van der Waals surface area contributed by atoms with Gasteiger partial charge in [0.05, 0.1) is 24.2 Å². The van der Waals surface area contributed by atoms with Crippen LogP contribution in [0.3, 0.4) is 0 Å². The molecule has 0 radical (unpaired) electrons. The van der Waals surface area contributed by atoms with Crippen LogP contribution >= 0.6 is 24.8 Å². The first kappa shape index (κ1) is 14.6. The van der Waals surface area contributed by atoms with E-state index in [1.54, 1.807) is 6.07 Å². The number of nitrogen functional groups attached to an aromatic ring is 2. The Balaban J connectivity index is 0. The van der Waals surface area contributed by atoms with Crippen LogP contribution in [-0.4, -0.2) is 11.6 Å². The van der Waals surface area contributed by atoms with Crippen LogP contribution in [0.25, 0.3) is 0 Å². The van der Waals surface area contributed by atoms with E-state index in [1.165, 1.54) is 6.20 Å². The minimum Gasteiger partial charge on any atom is -0.477 e. The smallest absolute Gasteiger partial charge is 0.237 e. The number of rotatable bonds is 2. The van der Waals surface area contributed by atoms with Crippen molar-refractivity contribution < 1.29 is 4.74 Å². The van der Waals surface area contributed by atoms with Crippen molar-refractivity contribution in [3.05, 3.63) is 12.3 Å². The number of nitrogens with zero attached hydrogens (tertiary/aromatic N) is 1. The van der Waals surface area contributed by atoms with E-state index in [4.69, 9.17) is 16.2 Å². The molecule has 0 spiro atoms. The van der Waals surface area contributed by atoms with Crippen LogP contribution in [0.2, 0.25) is 0 Å². The van der Waals surface area contributed by atoms with Crippen molar-refractivity contribution in [2.75, 3.05) is 18.1 Å². The fourth-order valence-corrected chi connectivity index (χ4v) is 0.744. The lowest BCUT2D eigenvalue weighted by Gasteiger charge is -2.04. The van der Waals surface area contributed by atoms with Gasteiger partial charge in [-0.25, -0.2) is 4.98 Å². The highest BCUT2D eigenvalue weighted by Gasteiger charge is 1.99. The van der Waals surface area contributed by atoms with Crippen LogP contribution in [0.1, 0.15) is 6.92 Å². The number of pyridine rings is 1. The number of anilines is 2. The van der Waals surface area contributed by atoms with E-state index < -0.39 is 0 Å². The molecule has 1 aromatic rings. The van der Waals surface area contributed by atoms with Crippen molar-refractivity contribution in [3.8, 4) is 5.88 Å². The second kappa shape index (κ2) is 6.62. The number of ether oxygens (including phenoxy) is 1. The van der Waals surface area contributed by atoms with Crippen molar-refractivity contribution in [2.24, 2.45) is 0 Å². The number of hydrogen-bond acceptors (Lipinski definition) is 4. The molecule has 1 heterocycles.